The molecule has 0 fully saturated rings. The molecule has 1 nitrogen and oxygen atoms in total. The summed E-state index contributed by atoms with van der Waals surface area (Å²) in [5.74, 6) is 0. The van der Waals surface area contributed by atoms with Crippen molar-refractivity contribution < 1.29 is 0 Å². The molecule has 30 heavy (non-hydrogen) atoms. The van der Waals surface area contributed by atoms with Crippen LogP contribution in [0.4, 0.5) is 0 Å². The van der Waals surface area contributed by atoms with Crippen LogP contribution in [0, 0.1) is 0 Å². The van der Waals surface area contributed by atoms with Crippen molar-refractivity contribution >= 4 is 11.8 Å². The van der Waals surface area contributed by atoms with E-state index in [1.165, 1.54) is 16.7 Å². The zero-order chi connectivity index (χ0) is 20.7. The van der Waals surface area contributed by atoms with Crippen LogP contribution in [0.1, 0.15) is 29.2 Å². The Bertz CT molecular complexity index is 1070. The molecule has 0 N–H and O–H groups in total. The van der Waals surface area contributed by atoms with Crippen LogP contribution < -0.4 is 0 Å². The Labute approximate surface area is 179 Å². The molecule has 0 radical (unpaired) electrons. The van der Waals surface area contributed by atoms with E-state index in [0.717, 1.165) is 11.1 Å². The predicted octanol–water partition coefficient (Wildman–Crippen LogP) is 7.15. The summed E-state index contributed by atoms with van der Waals surface area (Å²) in [6, 6.07) is 41.8. The van der Waals surface area contributed by atoms with Gasteiger partial charge in [0.25, 0.3) is 0 Å². The van der Waals surface area contributed by atoms with E-state index in [1.54, 1.807) is 0 Å². The summed E-state index contributed by atoms with van der Waals surface area (Å²) >= 11 is 0. The predicted molar refractivity (Wildman–Crippen MR) is 128 cm³/mol. The fourth-order valence-electron chi connectivity index (χ4n) is 3.57. The Hall–Kier alpha value is -3.71. The molecule has 0 saturated heterocycles. The number of aliphatic imine (C=N–C) groups is 1. The third-order valence-corrected chi connectivity index (χ3v) is 5.23. The van der Waals surface area contributed by atoms with E-state index in [-0.39, 0.29) is 0 Å². The average molecular weight is 388 g/mol. The van der Waals surface area contributed by atoms with Crippen LogP contribution in [0.3, 0.4) is 0 Å². The molecule has 0 aliphatic rings. The van der Waals surface area contributed by atoms with Crippen molar-refractivity contribution in [3.63, 3.8) is 0 Å². The van der Waals surface area contributed by atoms with Crippen LogP contribution in [-0.2, 0) is 5.54 Å². The van der Waals surface area contributed by atoms with Gasteiger partial charge in [0.1, 0.15) is 5.54 Å². The first-order chi connectivity index (χ1) is 14.7. The number of benzene rings is 4. The van der Waals surface area contributed by atoms with Gasteiger partial charge in [0.2, 0.25) is 0 Å². The van der Waals surface area contributed by atoms with Crippen LogP contribution in [-0.4, -0.2) is 6.21 Å². The van der Waals surface area contributed by atoms with Gasteiger partial charge in [-0.05, 0) is 40.8 Å². The third kappa shape index (κ3) is 4.64. The highest BCUT2D eigenvalue weighted by molar-refractivity contribution is 5.83. The second-order valence-electron chi connectivity index (χ2n) is 7.47. The zero-order valence-electron chi connectivity index (χ0n) is 17.1. The highest BCUT2D eigenvalue weighted by Gasteiger charge is 2.24. The van der Waals surface area contributed by atoms with E-state index in [9.17, 15) is 0 Å². The minimum Gasteiger partial charge on any atom is -0.277 e. The van der Waals surface area contributed by atoms with E-state index in [0.29, 0.717) is 0 Å². The maximum Gasteiger partial charge on any atom is 0.102 e. The van der Waals surface area contributed by atoms with Gasteiger partial charge < -0.3 is 0 Å². The second kappa shape index (κ2) is 9.19. The minimum absolute atomic E-state index is 0.516. The Morgan fingerprint density at radius 3 is 1.53 bits per heavy atom. The number of hydrogen-bond donors (Lipinski definition) is 0. The largest absolute Gasteiger partial charge is 0.277 e. The summed E-state index contributed by atoms with van der Waals surface area (Å²) in [6.45, 7) is 2.17. The maximum atomic E-state index is 5.09. The van der Waals surface area contributed by atoms with Crippen LogP contribution >= 0.6 is 0 Å². The normalized spacial score (nSPS) is 13.0. The molecular formula is C29H25N. The highest BCUT2D eigenvalue weighted by atomic mass is 14.8. The van der Waals surface area contributed by atoms with E-state index in [4.69, 9.17) is 4.99 Å². The molecule has 0 saturated carbocycles. The monoisotopic (exact) mass is 387 g/mol. The molecule has 0 spiro atoms. The van der Waals surface area contributed by atoms with Crippen molar-refractivity contribution in [1.82, 2.24) is 0 Å². The Morgan fingerprint density at radius 1 is 0.600 bits per heavy atom. The maximum absolute atomic E-state index is 5.09. The molecule has 0 amide bonds. The summed E-state index contributed by atoms with van der Waals surface area (Å²) in [7, 11) is 0. The Morgan fingerprint density at radius 2 is 1.03 bits per heavy atom. The van der Waals surface area contributed by atoms with Gasteiger partial charge in [-0.1, -0.05) is 121 Å². The lowest BCUT2D eigenvalue weighted by atomic mass is 9.86. The number of rotatable bonds is 6. The van der Waals surface area contributed by atoms with Gasteiger partial charge in [0.05, 0.1) is 0 Å². The zero-order valence-corrected chi connectivity index (χ0v) is 17.1. The highest BCUT2D eigenvalue weighted by Crippen LogP contribution is 2.34. The fourth-order valence-corrected chi connectivity index (χ4v) is 3.57. The first-order valence-electron chi connectivity index (χ1n) is 10.2. The number of hydrogen-bond acceptors (Lipinski definition) is 1. The van der Waals surface area contributed by atoms with Crippen molar-refractivity contribution in [3.8, 4) is 0 Å². The molecule has 4 aromatic carbocycles. The molecule has 1 heteroatoms. The van der Waals surface area contributed by atoms with Crippen molar-refractivity contribution in [3.05, 3.63) is 150 Å². The third-order valence-electron chi connectivity index (χ3n) is 5.23. The molecule has 1 unspecified atom stereocenters. The summed E-state index contributed by atoms with van der Waals surface area (Å²) in [5, 5.41) is 0. The molecule has 1 atom stereocenters. The smallest absolute Gasteiger partial charge is 0.102 e. The molecule has 0 aliphatic heterocycles. The molecule has 4 rings (SSSR count). The van der Waals surface area contributed by atoms with Crippen molar-refractivity contribution in [2.75, 3.05) is 0 Å². The van der Waals surface area contributed by atoms with Gasteiger partial charge in [-0.3, -0.25) is 4.99 Å². The SMILES string of the molecule is CC(C=C(c1ccccc1)c1ccccc1)(N=Cc1ccccc1)c1ccccc1. The average Bonchev–Trinajstić information content (AvgIpc) is 2.84. The lowest BCUT2D eigenvalue weighted by molar-refractivity contribution is 0.638. The van der Waals surface area contributed by atoms with Crippen molar-refractivity contribution in [1.29, 1.82) is 0 Å². The molecule has 146 valence electrons. The van der Waals surface area contributed by atoms with Crippen LogP contribution in [0.15, 0.2) is 132 Å². The second-order valence-corrected chi connectivity index (χ2v) is 7.47. The van der Waals surface area contributed by atoms with Gasteiger partial charge >= 0.3 is 0 Å². The topological polar surface area (TPSA) is 12.4 Å². The molecule has 0 aliphatic carbocycles. The molecule has 0 heterocycles. The van der Waals surface area contributed by atoms with Crippen molar-refractivity contribution in [2.24, 2.45) is 4.99 Å². The van der Waals surface area contributed by atoms with E-state index < -0.39 is 5.54 Å². The quantitative estimate of drug-likeness (QED) is 0.311. The summed E-state index contributed by atoms with van der Waals surface area (Å²) in [5.41, 5.74) is 5.27. The molecular weight excluding hydrogens is 362 g/mol. The Balaban J connectivity index is 1.88. The summed E-state index contributed by atoms with van der Waals surface area (Å²) in [6.07, 6.45) is 4.25. The lowest BCUT2D eigenvalue weighted by Gasteiger charge is -2.24. The minimum atomic E-state index is -0.516. The standard InChI is InChI=1S/C29H25N/c1-29(27-20-12-5-13-21-27,30-23-24-14-6-2-7-15-24)22-28(25-16-8-3-9-17-25)26-18-10-4-11-19-26/h2-23H,1H3. The van der Waals surface area contributed by atoms with Gasteiger partial charge in [-0.15, -0.1) is 0 Å². The molecule has 0 aromatic heterocycles. The van der Waals surface area contributed by atoms with Gasteiger partial charge in [0, 0.05) is 6.21 Å². The van der Waals surface area contributed by atoms with E-state index >= 15 is 0 Å². The van der Waals surface area contributed by atoms with Gasteiger partial charge in [-0.2, -0.15) is 0 Å². The van der Waals surface area contributed by atoms with Crippen LogP contribution in [0.25, 0.3) is 5.57 Å². The van der Waals surface area contributed by atoms with Crippen LogP contribution in [0.5, 0.6) is 0 Å². The molecule has 4 aromatic rings. The Kier molecular flexibility index (Phi) is 6.01. The first kappa shape index (κ1) is 19.6. The summed E-state index contributed by atoms with van der Waals surface area (Å²) < 4.78 is 0. The van der Waals surface area contributed by atoms with E-state index in [2.05, 4.69) is 110 Å². The lowest BCUT2D eigenvalue weighted by Crippen LogP contribution is -2.17. The van der Waals surface area contributed by atoms with Gasteiger partial charge in [-0.25, -0.2) is 0 Å². The number of nitrogens with zero attached hydrogens (tertiary/aromatic N) is 1. The van der Waals surface area contributed by atoms with Crippen LogP contribution in [0.2, 0.25) is 0 Å². The first-order valence-corrected chi connectivity index (χ1v) is 10.2. The van der Waals surface area contributed by atoms with Crippen molar-refractivity contribution in [2.45, 2.75) is 12.5 Å². The fraction of sp³-hybridized carbons (Fsp3) is 0.0690. The summed E-state index contributed by atoms with van der Waals surface area (Å²) in [4.78, 5) is 5.09. The van der Waals surface area contributed by atoms with Gasteiger partial charge in [0.15, 0.2) is 0 Å². The molecule has 0 bridgehead atoms. The van der Waals surface area contributed by atoms with E-state index in [1.807, 2.05) is 30.5 Å².